The van der Waals surface area contributed by atoms with Gasteiger partial charge in [0, 0.05) is 24.7 Å². The molecule has 1 unspecified atom stereocenters. The maximum absolute atomic E-state index is 10.7. The monoisotopic (exact) mass is 283 g/mol. The van der Waals surface area contributed by atoms with Crippen molar-refractivity contribution in [2.24, 2.45) is 0 Å². The van der Waals surface area contributed by atoms with E-state index in [9.17, 15) is 10.1 Å². The molecule has 1 aliphatic rings. The number of nitro benzene ring substituents is 1. The number of benzene rings is 1. The fourth-order valence-electron chi connectivity index (χ4n) is 2.39. The molecule has 0 bridgehead atoms. The minimum absolute atomic E-state index is 0.0592. The molecule has 0 radical (unpaired) electrons. The highest BCUT2D eigenvalue weighted by Gasteiger charge is 2.19. The van der Waals surface area contributed by atoms with Crippen molar-refractivity contribution in [1.29, 1.82) is 0 Å². The van der Waals surface area contributed by atoms with Crippen LogP contribution in [0.15, 0.2) is 18.2 Å². The second-order valence-corrected chi connectivity index (χ2v) is 5.34. The van der Waals surface area contributed by atoms with Crippen LogP contribution in [0.3, 0.4) is 0 Å². The van der Waals surface area contributed by atoms with Gasteiger partial charge in [0.1, 0.15) is 0 Å². The number of nitrogens with zero attached hydrogens (tertiary/aromatic N) is 2. The number of hydrogen-bond donors (Lipinski definition) is 1. The van der Waals surface area contributed by atoms with Gasteiger partial charge >= 0.3 is 0 Å². The van der Waals surface area contributed by atoms with E-state index in [-0.39, 0.29) is 5.69 Å². The van der Waals surface area contributed by atoms with E-state index in [4.69, 9.17) is 11.6 Å². The van der Waals surface area contributed by atoms with Gasteiger partial charge in [-0.25, -0.2) is 0 Å². The molecular formula is C13H18ClN3O2. The zero-order chi connectivity index (χ0) is 13.8. The van der Waals surface area contributed by atoms with Crippen LogP contribution in [0.5, 0.6) is 0 Å². The lowest BCUT2D eigenvalue weighted by Gasteiger charge is -2.32. The molecule has 1 aromatic carbocycles. The van der Waals surface area contributed by atoms with E-state index in [0.29, 0.717) is 16.8 Å². The fourth-order valence-corrected chi connectivity index (χ4v) is 2.58. The summed E-state index contributed by atoms with van der Waals surface area (Å²) in [5.41, 5.74) is 0.693. The molecule has 1 N–H and O–H groups in total. The van der Waals surface area contributed by atoms with Gasteiger partial charge in [0.2, 0.25) is 0 Å². The summed E-state index contributed by atoms with van der Waals surface area (Å²) in [4.78, 5) is 12.7. The van der Waals surface area contributed by atoms with Crippen molar-refractivity contribution in [3.8, 4) is 0 Å². The molecular weight excluding hydrogens is 266 g/mol. The number of anilines is 1. The molecule has 19 heavy (non-hydrogen) atoms. The normalized spacial score (nSPS) is 20.2. The van der Waals surface area contributed by atoms with Crippen LogP contribution in [-0.4, -0.2) is 36.0 Å². The maximum atomic E-state index is 10.7. The van der Waals surface area contributed by atoms with E-state index < -0.39 is 4.92 Å². The molecule has 104 valence electrons. The number of non-ortho nitro benzene ring substituents is 1. The van der Waals surface area contributed by atoms with Crippen molar-refractivity contribution >= 4 is 23.0 Å². The Morgan fingerprint density at radius 3 is 3.00 bits per heavy atom. The predicted molar refractivity (Wildman–Crippen MR) is 76.9 cm³/mol. The van der Waals surface area contributed by atoms with Crippen LogP contribution in [0, 0.1) is 10.1 Å². The van der Waals surface area contributed by atoms with Crippen molar-refractivity contribution in [3.63, 3.8) is 0 Å². The first kappa shape index (κ1) is 14.1. The Bertz CT molecular complexity index is 467. The predicted octanol–water partition coefficient (Wildman–Crippen LogP) is 3.14. The van der Waals surface area contributed by atoms with Crippen LogP contribution in [0.4, 0.5) is 11.4 Å². The summed E-state index contributed by atoms with van der Waals surface area (Å²) in [6.07, 6.45) is 3.62. The molecule has 1 heterocycles. The lowest BCUT2D eigenvalue weighted by molar-refractivity contribution is -0.384. The second-order valence-electron chi connectivity index (χ2n) is 4.93. The van der Waals surface area contributed by atoms with Gasteiger partial charge in [0.05, 0.1) is 15.6 Å². The summed E-state index contributed by atoms with van der Waals surface area (Å²) >= 11 is 6.06. The Balaban J connectivity index is 2.02. The fraction of sp³-hybridized carbons (Fsp3) is 0.538. The molecule has 0 aliphatic carbocycles. The summed E-state index contributed by atoms with van der Waals surface area (Å²) < 4.78 is 0. The molecule has 5 nitrogen and oxygen atoms in total. The molecule has 1 aliphatic heterocycles. The third kappa shape index (κ3) is 3.58. The Labute approximate surface area is 117 Å². The van der Waals surface area contributed by atoms with E-state index >= 15 is 0 Å². The van der Waals surface area contributed by atoms with Gasteiger partial charge in [-0.2, -0.15) is 0 Å². The highest BCUT2D eigenvalue weighted by Crippen LogP contribution is 2.27. The van der Waals surface area contributed by atoms with Gasteiger partial charge in [-0.05, 0) is 32.5 Å². The standard InChI is InChI=1S/C13H18ClN3O2/c1-16-7-3-2-4-11(16)9-15-13-8-10(17(18)19)5-6-12(13)14/h5-6,8,11,15H,2-4,7,9H2,1H3. The van der Waals surface area contributed by atoms with Crippen molar-refractivity contribution in [1.82, 2.24) is 4.90 Å². The van der Waals surface area contributed by atoms with E-state index in [1.807, 2.05) is 0 Å². The summed E-state index contributed by atoms with van der Waals surface area (Å²) in [5, 5.41) is 14.5. The van der Waals surface area contributed by atoms with E-state index in [1.54, 1.807) is 6.07 Å². The molecule has 0 aromatic heterocycles. The highest BCUT2D eigenvalue weighted by molar-refractivity contribution is 6.33. The summed E-state index contributed by atoms with van der Waals surface area (Å²) in [6.45, 7) is 1.87. The van der Waals surface area contributed by atoms with Crippen LogP contribution in [0.25, 0.3) is 0 Å². The molecule has 0 amide bonds. The number of likely N-dealkylation sites (tertiary alicyclic amines) is 1. The Morgan fingerprint density at radius 1 is 1.53 bits per heavy atom. The topological polar surface area (TPSA) is 58.4 Å². The first-order valence-electron chi connectivity index (χ1n) is 6.46. The number of halogens is 1. The summed E-state index contributed by atoms with van der Waals surface area (Å²) in [7, 11) is 2.11. The number of nitro groups is 1. The van der Waals surface area contributed by atoms with Gasteiger partial charge in [-0.3, -0.25) is 10.1 Å². The van der Waals surface area contributed by atoms with Crippen LogP contribution < -0.4 is 5.32 Å². The summed E-state index contributed by atoms with van der Waals surface area (Å²) in [5.74, 6) is 0. The quantitative estimate of drug-likeness (QED) is 0.681. The minimum Gasteiger partial charge on any atom is -0.382 e. The van der Waals surface area contributed by atoms with Crippen molar-refractivity contribution in [2.75, 3.05) is 25.5 Å². The van der Waals surface area contributed by atoms with E-state index in [0.717, 1.165) is 19.5 Å². The smallest absolute Gasteiger partial charge is 0.271 e. The number of piperidine rings is 1. The molecule has 1 atom stereocenters. The first-order valence-corrected chi connectivity index (χ1v) is 6.84. The molecule has 1 aromatic rings. The average Bonchev–Trinajstić information content (AvgIpc) is 2.39. The zero-order valence-corrected chi connectivity index (χ0v) is 11.7. The van der Waals surface area contributed by atoms with Crippen molar-refractivity contribution < 1.29 is 4.92 Å². The average molecular weight is 284 g/mol. The molecule has 1 saturated heterocycles. The summed E-state index contributed by atoms with van der Waals surface area (Å²) in [6, 6.07) is 4.93. The van der Waals surface area contributed by atoms with Crippen LogP contribution in [-0.2, 0) is 0 Å². The Morgan fingerprint density at radius 2 is 2.32 bits per heavy atom. The largest absolute Gasteiger partial charge is 0.382 e. The lowest BCUT2D eigenvalue weighted by atomic mass is 10.0. The van der Waals surface area contributed by atoms with Crippen LogP contribution >= 0.6 is 11.6 Å². The lowest BCUT2D eigenvalue weighted by Crippen LogP contribution is -2.40. The first-order chi connectivity index (χ1) is 9.08. The van der Waals surface area contributed by atoms with Gasteiger partial charge < -0.3 is 10.2 Å². The third-order valence-electron chi connectivity index (χ3n) is 3.61. The van der Waals surface area contributed by atoms with Crippen molar-refractivity contribution in [3.05, 3.63) is 33.3 Å². The van der Waals surface area contributed by atoms with Crippen molar-refractivity contribution in [2.45, 2.75) is 25.3 Å². The maximum Gasteiger partial charge on any atom is 0.271 e. The van der Waals surface area contributed by atoms with E-state index in [1.165, 1.54) is 25.0 Å². The van der Waals surface area contributed by atoms with Gasteiger partial charge in [0.25, 0.3) is 5.69 Å². The Hall–Kier alpha value is -1.33. The second kappa shape index (κ2) is 6.21. The number of hydrogen-bond acceptors (Lipinski definition) is 4. The number of rotatable bonds is 4. The van der Waals surface area contributed by atoms with E-state index in [2.05, 4.69) is 17.3 Å². The SMILES string of the molecule is CN1CCCCC1CNc1cc([N+](=O)[O-])ccc1Cl. The third-order valence-corrected chi connectivity index (χ3v) is 3.94. The minimum atomic E-state index is -0.408. The van der Waals surface area contributed by atoms with Crippen LogP contribution in [0.2, 0.25) is 5.02 Å². The molecule has 1 fully saturated rings. The zero-order valence-electron chi connectivity index (χ0n) is 10.9. The number of likely N-dealkylation sites (N-methyl/N-ethyl adjacent to an activating group) is 1. The van der Waals surface area contributed by atoms with Crippen LogP contribution in [0.1, 0.15) is 19.3 Å². The molecule has 2 rings (SSSR count). The molecule has 0 saturated carbocycles. The molecule has 0 spiro atoms. The highest BCUT2D eigenvalue weighted by atomic mass is 35.5. The Kier molecular flexibility index (Phi) is 4.61. The molecule has 6 heteroatoms. The van der Waals surface area contributed by atoms with Gasteiger partial charge in [0.15, 0.2) is 0 Å². The van der Waals surface area contributed by atoms with Gasteiger partial charge in [-0.1, -0.05) is 18.0 Å². The van der Waals surface area contributed by atoms with Gasteiger partial charge in [-0.15, -0.1) is 0 Å². The number of nitrogens with one attached hydrogen (secondary N) is 1.